The van der Waals surface area contributed by atoms with Crippen LogP contribution in [0.5, 0.6) is 11.5 Å². The molecule has 8 heteroatoms. The van der Waals surface area contributed by atoms with Gasteiger partial charge in [-0.15, -0.1) is 10.2 Å². The van der Waals surface area contributed by atoms with E-state index in [9.17, 15) is 4.39 Å². The molecule has 2 aromatic carbocycles. The average molecular weight is 410 g/mol. The van der Waals surface area contributed by atoms with Gasteiger partial charge in [0, 0.05) is 38.3 Å². The normalized spacial score (nSPS) is 17.9. The Hall–Kier alpha value is -2.97. The summed E-state index contributed by atoms with van der Waals surface area (Å²) in [7, 11) is 0. The molecule has 5 rings (SSSR count). The van der Waals surface area contributed by atoms with Gasteiger partial charge in [-0.25, -0.2) is 4.39 Å². The summed E-state index contributed by atoms with van der Waals surface area (Å²) in [5.41, 5.74) is 1.94. The number of rotatable bonds is 5. The third-order valence-electron chi connectivity index (χ3n) is 5.69. The first-order valence-electron chi connectivity index (χ1n) is 10.1. The van der Waals surface area contributed by atoms with Crippen LogP contribution >= 0.6 is 0 Å². The van der Waals surface area contributed by atoms with Gasteiger partial charge in [0.15, 0.2) is 11.5 Å². The molecule has 2 aliphatic heterocycles. The summed E-state index contributed by atoms with van der Waals surface area (Å²) in [6, 6.07) is 12.2. The third kappa shape index (κ3) is 3.88. The second-order valence-corrected chi connectivity index (χ2v) is 7.63. The fourth-order valence-electron chi connectivity index (χ4n) is 3.87. The van der Waals surface area contributed by atoms with Crippen molar-refractivity contribution < 1.29 is 18.3 Å². The molecule has 0 aliphatic carbocycles. The Labute approximate surface area is 174 Å². The van der Waals surface area contributed by atoms with E-state index in [0.29, 0.717) is 18.6 Å². The summed E-state index contributed by atoms with van der Waals surface area (Å²) >= 11 is 0. The molecule has 1 fully saturated rings. The van der Waals surface area contributed by atoms with E-state index in [1.165, 1.54) is 17.7 Å². The van der Waals surface area contributed by atoms with Crippen molar-refractivity contribution in [3.8, 4) is 23.0 Å². The van der Waals surface area contributed by atoms with Crippen LogP contribution in [0.4, 0.5) is 4.39 Å². The molecule has 1 saturated heterocycles. The zero-order valence-corrected chi connectivity index (χ0v) is 16.8. The van der Waals surface area contributed by atoms with E-state index in [2.05, 4.69) is 39.1 Å². The van der Waals surface area contributed by atoms with E-state index >= 15 is 0 Å². The van der Waals surface area contributed by atoms with Crippen molar-refractivity contribution in [1.29, 1.82) is 0 Å². The molecule has 0 bridgehead atoms. The van der Waals surface area contributed by atoms with Gasteiger partial charge < -0.3 is 13.9 Å². The van der Waals surface area contributed by atoms with Crippen molar-refractivity contribution in [2.75, 3.05) is 33.0 Å². The Kier molecular flexibility index (Phi) is 5.10. The first-order chi connectivity index (χ1) is 14.7. The number of hydrogen-bond acceptors (Lipinski definition) is 7. The topological polar surface area (TPSA) is 63.9 Å². The van der Waals surface area contributed by atoms with Crippen molar-refractivity contribution in [2.45, 2.75) is 19.5 Å². The second-order valence-electron chi connectivity index (χ2n) is 7.63. The molecule has 3 aromatic rings. The SMILES string of the molecule is CC(c1nnc(-c2ccc(F)cc2)o1)N1CCN(Cc2ccc3c(c2)OCO3)CC1. The number of hydrogen-bond donors (Lipinski definition) is 0. The van der Waals surface area contributed by atoms with E-state index < -0.39 is 0 Å². The van der Waals surface area contributed by atoms with Gasteiger partial charge in [-0.05, 0) is 48.9 Å². The highest BCUT2D eigenvalue weighted by molar-refractivity contribution is 5.52. The molecule has 0 radical (unpaired) electrons. The molecule has 7 nitrogen and oxygen atoms in total. The number of benzene rings is 2. The van der Waals surface area contributed by atoms with Crippen LogP contribution in [-0.2, 0) is 6.54 Å². The molecule has 1 unspecified atom stereocenters. The van der Waals surface area contributed by atoms with Crippen LogP contribution in [0.1, 0.15) is 24.4 Å². The smallest absolute Gasteiger partial charge is 0.247 e. The lowest BCUT2D eigenvalue weighted by atomic mass is 10.1. The number of nitrogens with zero attached hydrogens (tertiary/aromatic N) is 4. The van der Waals surface area contributed by atoms with Crippen molar-refractivity contribution in [2.24, 2.45) is 0 Å². The van der Waals surface area contributed by atoms with E-state index in [1.54, 1.807) is 12.1 Å². The number of halogens is 1. The maximum Gasteiger partial charge on any atom is 0.247 e. The van der Waals surface area contributed by atoms with Crippen LogP contribution in [-0.4, -0.2) is 53.0 Å². The largest absolute Gasteiger partial charge is 0.454 e. The maximum atomic E-state index is 13.1. The summed E-state index contributed by atoms with van der Waals surface area (Å²) < 4.78 is 29.8. The van der Waals surface area contributed by atoms with Gasteiger partial charge in [0.1, 0.15) is 5.82 Å². The van der Waals surface area contributed by atoms with Gasteiger partial charge in [-0.1, -0.05) is 6.07 Å². The van der Waals surface area contributed by atoms with Crippen LogP contribution in [0.3, 0.4) is 0 Å². The molecule has 0 N–H and O–H groups in total. The minimum atomic E-state index is -0.287. The minimum absolute atomic E-state index is 0.0272. The lowest BCUT2D eigenvalue weighted by Crippen LogP contribution is -2.46. The standard InChI is InChI=1S/C22H23FN4O3/c1-15(21-24-25-22(30-21)17-3-5-18(23)6-4-17)27-10-8-26(9-11-27)13-16-2-7-19-20(12-16)29-14-28-19/h2-7,12,15H,8-11,13-14H2,1H3. The minimum Gasteiger partial charge on any atom is -0.454 e. The maximum absolute atomic E-state index is 13.1. The summed E-state index contributed by atoms with van der Waals surface area (Å²) in [5, 5.41) is 8.35. The fraction of sp³-hybridized carbons (Fsp3) is 0.364. The Morgan fingerprint density at radius 3 is 2.53 bits per heavy atom. The monoisotopic (exact) mass is 410 g/mol. The first kappa shape index (κ1) is 19.0. The molecule has 2 aliphatic rings. The van der Waals surface area contributed by atoms with Gasteiger partial charge in [0.2, 0.25) is 18.6 Å². The van der Waals surface area contributed by atoms with Crippen LogP contribution in [0.15, 0.2) is 46.9 Å². The zero-order chi connectivity index (χ0) is 20.5. The highest BCUT2D eigenvalue weighted by Crippen LogP contribution is 2.33. The quantitative estimate of drug-likeness (QED) is 0.638. The lowest BCUT2D eigenvalue weighted by Gasteiger charge is -2.36. The molecular formula is C22H23FN4O3. The van der Waals surface area contributed by atoms with E-state index in [0.717, 1.165) is 49.8 Å². The van der Waals surface area contributed by atoms with Crippen LogP contribution in [0.2, 0.25) is 0 Å². The highest BCUT2D eigenvalue weighted by atomic mass is 19.1. The molecule has 0 amide bonds. The predicted octanol–water partition coefficient (Wildman–Crippen LogP) is 3.48. The van der Waals surface area contributed by atoms with Gasteiger partial charge in [0.05, 0.1) is 6.04 Å². The molecule has 156 valence electrons. The third-order valence-corrected chi connectivity index (χ3v) is 5.69. The predicted molar refractivity (Wildman–Crippen MR) is 108 cm³/mol. The van der Waals surface area contributed by atoms with Crippen LogP contribution in [0.25, 0.3) is 11.5 Å². The lowest BCUT2D eigenvalue weighted by molar-refractivity contribution is 0.0875. The van der Waals surface area contributed by atoms with Crippen molar-refractivity contribution >= 4 is 0 Å². The molecule has 1 atom stereocenters. The van der Waals surface area contributed by atoms with Crippen molar-refractivity contribution in [1.82, 2.24) is 20.0 Å². The van der Waals surface area contributed by atoms with Crippen LogP contribution in [0, 0.1) is 5.82 Å². The average Bonchev–Trinajstić information content (AvgIpc) is 3.44. The van der Waals surface area contributed by atoms with Gasteiger partial charge in [-0.3, -0.25) is 9.80 Å². The van der Waals surface area contributed by atoms with Gasteiger partial charge >= 0.3 is 0 Å². The van der Waals surface area contributed by atoms with Crippen LogP contribution < -0.4 is 9.47 Å². The summed E-state index contributed by atoms with van der Waals surface area (Å²) in [5.74, 6) is 2.35. The second kappa shape index (κ2) is 8.04. The molecule has 0 spiro atoms. The summed E-state index contributed by atoms with van der Waals surface area (Å²) in [4.78, 5) is 4.77. The fourth-order valence-corrected chi connectivity index (χ4v) is 3.87. The Bertz CT molecular complexity index is 1020. The first-order valence-corrected chi connectivity index (χ1v) is 10.1. The summed E-state index contributed by atoms with van der Waals surface area (Å²) in [6.45, 7) is 7.01. The van der Waals surface area contributed by atoms with E-state index in [-0.39, 0.29) is 11.9 Å². The summed E-state index contributed by atoms with van der Waals surface area (Å²) in [6.07, 6.45) is 0. The molecule has 1 aromatic heterocycles. The number of ether oxygens (including phenoxy) is 2. The Balaban J connectivity index is 1.18. The molecular weight excluding hydrogens is 387 g/mol. The number of piperazine rings is 1. The van der Waals surface area contributed by atoms with E-state index in [4.69, 9.17) is 13.9 Å². The molecule has 30 heavy (non-hydrogen) atoms. The number of aromatic nitrogens is 2. The van der Waals surface area contributed by atoms with E-state index in [1.807, 2.05) is 6.07 Å². The molecule has 0 saturated carbocycles. The zero-order valence-electron chi connectivity index (χ0n) is 16.8. The highest BCUT2D eigenvalue weighted by Gasteiger charge is 2.26. The molecule has 3 heterocycles. The van der Waals surface area contributed by atoms with Gasteiger partial charge in [-0.2, -0.15) is 0 Å². The number of fused-ring (bicyclic) bond motifs is 1. The Morgan fingerprint density at radius 2 is 1.73 bits per heavy atom. The van der Waals surface area contributed by atoms with Crippen molar-refractivity contribution in [3.05, 3.63) is 59.7 Å². The van der Waals surface area contributed by atoms with Gasteiger partial charge in [0.25, 0.3) is 0 Å². The van der Waals surface area contributed by atoms with Crippen molar-refractivity contribution in [3.63, 3.8) is 0 Å². The Morgan fingerprint density at radius 1 is 0.967 bits per heavy atom.